The van der Waals surface area contributed by atoms with E-state index in [0.717, 1.165) is 11.3 Å². The third kappa shape index (κ3) is 3.29. The van der Waals surface area contributed by atoms with E-state index in [1.165, 1.54) is 0 Å². The molecule has 0 fully saturated rings. The maximum absolute atomic E-state index is 9.20. The lowest BCUT2D eigenvalue weighted by atomic mass is 10.2. The number of aliphatic hydroxyl groups excluding tert-OH is 1. The minimum atomic E-state index is -0.0480. The lowest BCUT2D eigenvalue weighted by molar-refractivity contribution is 0.282. The van der Waals surface area contributed by atoms with Gasteiger partial charge in [-0.2, -0.15) is 0 Å². The van der Waals surface area contributed by atoms with Crippen LogP contribution >= 0.6 is 0 Å². The van der Waals surface area contributed by atoms with E-state index >= 15 is 0 Å². The molecule has 18 heavy (non-hydrogen) atoms. The number of rotatable bonds is 3. The summed E-state index contributed by atoms with van der Waals surface area (Å²) in [6, 6.07) is 17.0. The minimum Gasteiger partial charge on any atom is -0.742 e. The fourth-order valence-electron chi connectivity index (χ4n) is 1.54. The van der Waals surface area contributed by atoms with Gasteiger partial charge in [0.1, 0.15) is 0 Å². The summed E-state index contributed by atoms with van der Waals surface area (Å²) in [6.07, 6.45) is 0. The van der Waals surface area contributed by atoms with E-state index in [1.54, 1.807) is 0 Å². The molecule has 0 saturated heterocycles. The van der Waals surface area contributed by atoms with Crippen molar-refractivity contribution in [3.8, 4) is 0 Å². The highest BCUT2D eigenvalue weighted by Crippen LogP contribution is 2.19. The monoisotopic (exact) mass is 257 g/mol. The Hall–Kier alpha value is -1.91. The van der Waals surface area contributed by atoms with Crippen LogP contribution in [-0.4, -0.2) is 10.3 Å². The third-order valence-corrected chi connectivity index (χ3v) is 2.60. The molecule has 0 aliphatic heterocycles. The van der Waals surface area contributed by atoms with Crippen LogP contribution in [0.15, 0.2) is 59.6 Å². The first-order chi connectivity index (χ1) is 8.79. The van der Waals surface area contributed by atoms with Crippen molar-refractivity contribution in [2.24, 2.45) is 4.99 Å². The second-order valence-corrected chi connectivity index (χ2v) is 4.08. The van der Waals surface area contributed by atoms with Crippen LogP contribution in [0.2, 0.25) is 0 Å². The first-order valence-electron chi connectivity index (χ1n) is 5.56. The van der Waals surface area contributed by atoms with Crippen LogP contribution in [-0.2, 0) is 19.2 Å². The first-order valence-corrected chi connectivity index (χ1v) is 5.97. The summed E-state index contributed by atoms with van der Waals surface area (Å²) < 4.78 is 0. The minimum absolute atomic E-state index is 0.0480. The van der Waals surface area contributed by atoms with E-state index in [0.29, 0.717) is 10.9 Å². The Morgan fingerprint density at radius 2 is 1.72 bits per heavy atom. The largest absolute Gasteiger partial charge is 0.742 e. The summed E-state index contributed by atoms with van der Waals surface area (Å²) in [6.45, 7) is -0.0480. The smallest absolute Gasteiger partial charge is 0.0702 e. The van der Waals surface area contributed by atoms with Crippen LogP contribution in [0.4, 0.5) is 11.4 Å². The Morgan fingerprint density at radius 1 is 1.06 bits per heavy atom. The van der Waals surface area contributed by atoms with Crippen molar-refractivity contribution in [3.63, 3.8) is 0 Å². The molecule has 0 aliphatic rings. The quantitative estimate of drug-likeness (QED) is 0.505. The molecule has 0 aliphatic carbocycles. The molecular formula is C14H13N2OS-. The molecule has 0 spiro atoms. The van der Waals surface area contributed by atoms with Gasteiger partial charge in [-0.15, -0.1) is 0 Å². The van der Waals surface area contributed by atoms with Gasteiger partial charge in [-0.1, -0.05) is 36.4 Å². The number of amidine groups is 1. The molecule has 0 radical (unpaired) electrons. The maximum Gasteiger partial charge on any atom is 0.0702 e. The highest BCUT2D eigenvalue weighted by atomic mass is 32.1. The van der Waals surface area contributed by atoms with Gasteiger partial charge in [-0.05, 0) is 23.4 Å². The van der Waals surface area contributed by atoms with Gasteiger partial charge in [0, 0.05) is 11.3 Å². The van der Waals surface area contributed by atoms with Crippen molar-refractivity contribution in [2.75, 3.05) is 5.32 Å². The highest BCUT2D eigenvalue weighted by Gasteiger charge is 1.97. The maximum atomic E-state index is 9.20. The zero-order valence-electron chi connectivity index (χ0n) is 9.71. The van der Waals surface area contributed by atoms with Gasteiger partial charge in [-0.3, -0.25) is 4.99 Å². The van der Waals surface area contributed by atoms with Gasteiger partial charge in [0.25, 0.3) is 0 Å². The predicted molar refractivity (Wildman–Crippen MR) is 76.9 cm³/mol. The Kier molecular flexibility index (Phi) is 4.28. The average molecular weight is 257 g/mol. The topological polar surface area (TPSA) is 44.6 Å². The Labute approximate surface area is 112 Å². The van der Waals surface area contributed by atoms with Crippen LogP contribution in [0.5, 0.6) is 0 Å². The molecule has 2 aromatic rings. The van der Waals surface area contributed by atoms with Crippen LogP contribution in [0, 0.1) is 0 Å². The third-order valence-electron chi connectivity index (χ3n) is 2.41. The first kappa shape index (κ1) is 12.5. The van der Waals surface area contributed by atoms with E-state index in [4.69, 9.17) is 12.6 Å². The van der Waals surface area contributed by atoms with Crippen molar-refractivity contribution in [1.29, 1.82) is 0 Å². The number of nitrogens with zero attached hydrogens (tertiary/aromatic N) is 1. The van der Waals surface area contributed by atoms with E-state index in [2.05, 4.69) is 10.3 Å². The normalized spacial score (nSPS) is 11.3. The van der Waals surface area contributed by atoms with Crippen molar-refractivity contribution in [3.05, 3.63) is 60.2 Å². The molecule has 0 amide bonds. The number of hydrogen-bond donors (Lipinski definition) is 2. The number of anilines is 1. The molecule has 92 valence electrons. The molecule has 3 nitrogen and oxygen atoms in total. The van der Waals surface area contributed by atoms with Gasteiger partial charge in [-0.25, -0.2) is 0 Å². The standard InChI is InChI=1S/C14H14N2OS/c17-10-11-6-4-5-9-13(11)16-14(18)15-12-7-2-1-3-8-12/h1-9,17H,10H2,(H2,15,16,18)/p-1. The summed E-state index contributed by atoms with van der Waals surface area (Å²) in [5.41, 5.74) is 2.34. The molecule has 2 rings (SSSR count). The van der Waals surface area contributed by atoms with Crippen LogP contribution < -0.4 is 5.32 Å². The molecule has 0 heterocycles. The number of para-hydroxylation sites is 2. The van der Waals surface area contributed by atoms with E-state index < -0.39 is 0 Å². The summed E-state index contributed by atoms with van der Waals surface area (Å²) in [5, 5.41) is 12.6. The fourth-order valence-corrected chi connectivity index (χ4v) is 1.75. The zero-order chi connectivity index (χ0) is 12.8. The van der Waals surface area contributed by atoms with Crippen LogP contribution in [0.25, 0.3) is 0 Å². The van der Waals surface area contributed by atoms with Gasteiger partial charge >= 0.3 is 0 Å². The zero-order valence-corrected chi connectivity index (χ0v) is 10.5. The second-order valence-electron chi connectivity index (χ2n) is 3.69. The highest BCUT2D eigenvalue weighted by molar-refractivity contribution is 7.77. The summed E-state index contributed by atoms with van der Waals surface area (Å²) in [7, 11) is 0. The van der Waals surface area contributed by atoms with Crippen molar-refractivity contribution in [2.45, 2.75) is 6.61 Å². The summed E-state index contributed by atoms with van der Waals surface area (Å²) >= 11 is 5.17. The van der Waals surface area contributed by atoms with Crippen molar-refractivity contribution < 1.29 is 5.11 Å². The molecule has 0 bridgehead atoms. The number of nitrogens with one attached hydrogen (secondary N) is 1. The van der Waals surface area contributed by atoms with Crippen molar-refractivity contribution in [1.82, 2.24) is 0 Å². The number of hydrogen-bond acceptors (Lipinski definition) is 3. The lowest BCUT2D eigenvalue weighted by Crippen LogP contribution is -2.07. The van der Waals surface area contributed by atoms with E-state index in [9.17, 15) is 5.11 Å². The number of aliphatic hydroxyl groups is 1. The number of aliphatic imine (C=N–C) groups is 1. The average Bonchev–Trinajstić information content (AvgIpc) is 2.40. The van der Waals surface area contributed by atoms with Crippen LogP contribution in [0.1, 0.15) is 5.56 Å². The molecular weight excluding hydrogens is 244 g/mol. The molecule has 0 aromatic heterocycles. The lowest BCUT2D eigenvalue weighted by Gasteiger charge is -2.15. The summed E-state index contributed by atoms with van der Waals surface area (Å²) in [4.78, 5) is 4.29. The molecule has 2 N–H and O–H groups in total. The molecule has 0 saturated carbocycles. The van der Waals surface area contributed by atoms with E-state index in [-0.39, 0.29) is 6.61 Å². The Bertz CT molecular complexity index is 541. The predicted octanol–water partition coefficient (Wildman–Crippen LogP) is 2.83. The molecule has 2 aromatic carbocycles. The number of benzene rings is 2. The van der Waals surface area contributed by atoms with E-state index in [1.807, 2.05) is 54.6 Å². The Balaban J connectivity index is 2.18. The molecule has 0 unspecified atom stereocenters. The molecule has 4 heteroatoms. The van der Waals surface area contributed by atoms with Gasteiger partial charge in [0.05, 0.1) is 12.3 Å². The SMILES string of the molecule is OCc1ccccc1N=C([S-])Nc1ccccc1. The van der Waals surface area contributed by atoms with Gasteiger partial charge in [0.2, 0.25) is 0 Å². The summed E-state index contributed by atoms with van der Waals surface area (Å²) in [5.74, 6) is 0. The van der Waals surface area contributed by atoms with Crippen molar-refractivity contribution >= 4 is 29.2 Å². The second kappa shape index (κ2) is 6.14. The molecule has 0 atom stereocenters. The fraction of sp³-hybridized carbons (Fsp3) is 0.0714. The van der Waals surface area contributed by atoms with Gasteiger partial charge < -0.3 is 23.1 Å². The van der Waals surface area contributed by atoms with Crippen LogP contribution in [0.3, 0.4) is 0 Å². The Morgan fingerprint density at radius 3 is 2.44 bits per heavy atom. The van der Waals surface area contributed by atoms with Gasteiger partial charge in [0.15, 0.2) is 0 Å².